The van der Waals surface area contributed by atoms with Gasteiger partial charge in [0.15, 0.2) is 0 Å². The van der Waals surface area contributed by atoms with Gasteiger partial charge in [-0.25, -0.2) is 0 Å². The van der Waals surface area contributed by atoms with Gasteiger partial charge in [-0.1, -0.05) is 21.3 Å². The predicted molar refractivity (Wildman–Crippen MR) is 81.9 cm³/mol. The number of amides is 1. The van der Waals surface area contributed by atoms with Gasteiger partial charge in [0, 0.05) is 13.0 Å². The molecule has 0 aromatic heterocycles. The minimum absolute atomic E-state index is 0. The number of nitrogens with two attached hydrogens (primary N) is 1. The Bertz CT molecular complexity index is 445. The summed E-state index contributed by atoms with van der Waals surface area (Å²) >= 11 is 0. The Morgan fingerprint density at radius 1 is 1.50 bits per heavy atom. The lowest BCUT2D eigenvalue weighted by Gasteiger charge is -2.42. The minimum atomic E-state index is -4.85. The number of rotatable bonds is 6. The summed E-state index contributed by atoms with van der Waals surface area (Å²) in [7, 11) is -4.85. The smallest absolute Gasteiger partial charge is 0.217 e. The zero-order valence-electron chi connectivity index (χ0n) is 12.6. The average Bonchev–Trinajstić information content (AvgIpc) is 2.37. The number of hydrogen-bond acceptors (Lipinski definition) is 6. The second kappa shape index (κ2) is 8.79. The monoisotopic (exact) mass is 334 g/mol. The molecule has 0 aromatic carbocycles. The van der Waals surface area contributed by atoms with Crippen LogP contribution in [0.4, 0.5) is 0 Å². The molecule has 1 aliphatic carbocycles. The summed E-state index contributed by atoms with van der Waals surface area (Å²) in [5.41, 5.74) is 5.93. The Labute approximate surface area is 132 Å². The van der Waals surface area contributed by atoms with Crippen LogP contribution < -0.4 is 20.8 Å². The van der Waals surface area contributed by atoms with Gasteiger partial charge in [-0.3, -0.25) is 4.79 Å². The first kappa shape index (κ1) is 21.3. The number of hydrogen-bond donors (Lipinski definition) is 2. The molecule has 0 fully saturated rings. The molecule has 0 unspecified atom stereocenters. The first-order valence-electron chi connectivity index (χ1n) is 7.10. The zero-order chi connectivity index (χ0) is 16.2. The quantitative estimate of drug-likeness (QED) is 0.669. The maximum atomic E-state index is 11.3. The van der Waals surface area contributed by atoms with E-state index >= 15 is 0 Å². The van der Waals surface area contributed by atoms with Crippen LogP contribution in [0.1, 0.15) is 47.5 Å². The van der Waals surface area contributed by atoms with Gasteiger partial charge in [0.25, 0.3) is 0 Å². The van der Waals surface area contributed by atoms with Crippen molar-refractivity contribution in [2.75, 3.05) is 0 Å². The second-order valence-corrected chi connectivity index (χ2v) is 6.86. The van der Waals surface area contributed by atoms with Crippen LogP contribution in [0.25, 0.3) is 0 Å². The maximum absolute atomic E-state index is 11.3. The molecule has 1 amide bonds. The van der Waals surface area contributed by atoms with Crippen molar-refractivity contribution in [3.05, 3.63) is 11.4 Å². The Kier molecular flexibility index (Phi) is 8.51. The van der Waals surface area contributed by atoms with Gasteiger partial charge in [-0.05, 0) is 38.2 Å². The SMILES string of the molecule is C.CCC(CC)O[C@@H]1C=C(P(=O)([O-])[O-])C[C@H](N)[C@H]1NC(C)=O. The van der Waals surface area contributed by atoms with Crippen molar-refractivity contribution in [3.8, 4) is 0 Å². The zero-order valence-corrected chi connectivity index (χ0v) is 13.5. The van der Waals surface area contributed by atoms with E-state index in [2.05, 4.69) is 5.32 Å². The molecule has 8 heteroatoms. The van der Waals surface area contributed by atoms with E-state index in [1.165, 1.54) is 13.0 Å². The standard InChI is InChI=1S/C13H25N2O5P.CH4/c1-4-9(5-2)20-12-7-10(21(17,18)19)6-11(14)13(12)15-8(3)16;/h7,9,11-13H,4-6,14H2,1-3H3,(H,15,16)(H2,17,18,19);1H4/p-2/t11-,12+,13+;/m0./s1. The number of nitrogens with one attached hydrogen (secondary N) is 1. The van der Waals surface area contributed by atoms with Crippen molar-refractivity contribution in [3.63, 3.8) is 0 Å². The first-order chi connectivity index (χ1) is 9.68. The molecule has 3 N–H and O–H groups in total. The number of ether oxygens (including phenoxy) is 1. The summed E-state index contributed by atoms with van der Waals surface area (Å²) in [5, 5.41) is 2.44. The third-order valence-corrected chi connectivity index (χ3v) is 4.63. The highest BCUT2D eigenvalue weighted by Crippen LogP contribution is 2.42. The van der Waals surface area contributed by atoms with Gasteiger partial charge in [0.05, 0.1) is 18.2 Å². The Balaban J connectivity index is 0.00000441. The van der Waals surface area contributed by atoms with Crippen LogP contribution in [0, 0.1) is 0 Å². The van der Waals surface area contributed by atoms with Crippen molar-refractivity contribution < 1.29 is 23.9 Å². The number of carbonyl (C=O) groups excluding carboxylic acids is 1. The fourth-order valence-electron chi connectivity index (χ4n) is 2.43. The molecular formula is C14H27N2O5P-2. The van der Waals surface area contributed by atoms with Crippen LogP contribution in [0.5, 0.6) is 0 Å². The summed E-state index contributed by atoms with van der Waals surface area (Å²) in [6, 6.07) is -1.22. The highest BCUT2D eigenvalue weighted by atomic mass is 31.2. The molecule has 0 saturated carbocycles. The van der Waals surface area contributed by atoms with E-state index in [0.29, 0.717) is 0 Å². The molecule has 0 spiro atoms. The topological polar surface area (TPSA) is 128 Å². The van der Waals surface area contributed by atoms with Gasteiger partial charge >= 0.3 is 0 Å². The maximum Gasteiger partial charge on any atom is 0.217 e. The highest BCUT2D eigenvalue weighted by Gasteiger charge is 2.34. The third kappa shape index (κ3) is 5.82. The average molecular weight is 334 g/mol. The van der Waals surface area contributed by atoms with Crippen LogP contribution in [0.15, 0.2) is 11.4 Å². The molecule has 0 bridgehead atoms. The molecule has 130 valence electrons. The van der Waals surface area contributed by atoms with Crippen molar-refractivity contribution in [1.82, 2.24) is 5.32 Å². The van der Waals surface area contributed by atoms with Gasteiger partial charge in [-0.2, -0.15) is 0 Å². The van der Waals surface area contributed by atoms with E-state index in [-0.39, 0.29) is 31.2 Å². The molecule has 22 heavy (non-hydrogen) atoms. The summed E-state index contributed by atoms with van der Waals surface area (Å²) in [6.07, 6.45) is 1.89. The van der Waals surface area contributed by atoms with Crippen molar-refractivity contribution in [2.24, 2.45) is 5.73 Å². The molecular weight excluding hydrogens is 307 g/mol. The third-order valence-electron chi connectivity index (χ3n) is 3.60. The lowest BCUT2D eigenvalue weighted by atomic mass is 9.93. The molecule has 1 aliphatic rings. The van der Waals surface area contributed by atoms with Gasteiger partial charge in [0.1, 0.15) is 0 Å². The summed E-state index contributed by atoms with van der Waals surface area (Å²) in [4.78, 5) is 33.8. The Morgan fingerprint density at radius 2 is 2.05 bits per heavy atom. The van der Waals surface area contributed by atoms with E-state index in [1.807, 2.05) is 13.8 Å². The van der Waals surface area contributed by atoms with E-state index in [4.69, 9.17) is 10.5 Å². The van der Waals surface area contributed by atoms with Crippen LogP contribution in [-0.4, -0.2) is 30.2 Å². The molecule has 0 heterocycles. The Morgan fingerprint density at radius 3 is 2.45 bits per heavy atom. The van der Waals surface area contributed by atoms with Crippen molar-refractivity contribution in [2.45, 2.75) is 71.8 Å². The second-order valence-electron chi connectivity index (χ2n) is 5.29. The highest BCUT2D eigenvalue weighted by molar-refractivity contribution is 7.53. The summed E-state index contributed by atoms with van der Waals surface area (Å²) in [6.45, 7) is 5.24. The fourth-order valence-corrected chi connectivity index (χ4v) is 3.19. The molecule has 0 radical (unpaired) electrons. The first-order valence-corrected chi connectivity index (χ1v) is 8.64. The van der Waals surface area contributed by atoms with E-state index in [1.54, 1.807) is 0 Å². The van der Waals surface area contributed by atoms with Crippen LogP contribution in [-0.2, 0) is 14.1 Å². The molecule has 0 aromatic rings. The molecule has 7 nitrogen and oxygen atoms in total. The lowest BCUT2D eigenvalue weighted by molar-refractivity contribution is -0.310. The number of carbonyl (C=O) groups is 1. The van der Waals surface area contributed by atoms with Gasteiger partial charge in [0.2, 0.25) is 5.91 Å². The molecule has 1 rings (SSSR count). The summed E-state index contributed by atoms with van der Waals surface area (Å²) in [5.74, 6) is -0.280. The normalized spacial score (nSPS) is 25.4. The predicted octanol–water partition coefficient (Wildman–Crippen LogP) is 0.230. The minimum Gasteiger partial charge on any atom is -0.808 e. The van der Waals surface area contributed by atoms with Crippen LogP contribution in [0.2, 0.25) is 0 Å². The summed E-state index contributed by atoms with van der Waals surface area (Å²) < 4.78 is 17.1. The van der Waals surface area contributed by atoms with E-state index in [0.717, 1.165) is 12.8 Å². The van der Waals surface area contributed by atoms with E-state index in [9.17, 15) is 19.1 Å². The van der Waals surface area contributed by atoms with Crippen molar-refractivity contribution >= 4 is 13.5 Å². The fraction of sp³-hybridized carbons (Fsp3) is 0.786. The van der Waals surface area contributed by atoms with Gasteiger partial charge < -0.3 is 30.1 Å². The van der Waals surface area contributed by atoms with E-state index < -0.39 is 25.8 Å². The Hall–Kier alpha value is -0.720. The molecule has 0 aliphatic heterocycles. The largest absolute Gasteiger partial charge is 0.808 e. The van der Waals surface area contributed by atoms with Crippen LogP contribution >= 0.6 is 7.60 Å². The molecule has 0 saturated heterocycles. The van der Waals surface area contributed by atoms with Gasteiger partial charge in [-0.15, -0.1) is 0 Å². The van der Waals surface area contributed by atoms with Crippen molar-refractivity contribution in [1.29, 1.82) is 0 Å². The lowest BCUT2D eigenvalue weighted by Crippen LogP contribution is -2.56. The van der Waals surface area contributed by atoms with Crippen LogP contribution in [0.3, 0.4) is 0 Å². The molecule has 3 atom stereocenters.